The fourth-order valence-electron chi connectivity index (χ4n) is 3.79. The number of methoxy groups -OCH3 is 2. The molecule has 6 nitrogen and oxygen atoms in total. The molecule has 0 fully saturated rings. The second-order valence-electron chi connectivity index (χ2n) is 8.29. The molecule has 3 aromatic rings. The SMILES string of the molecule is C=C/C(=C\C/C=C(\C)C(Cc1cc(-c2ccc(C)cc2)n(-c2ccc(OC)cc2)n1)C(=O)O)OC. The van der Waals surface area contributed by atoms with Crippen LogP contribution in [-0.2, 0) is 16.0 Å². The van der Waals surface area contributed by atoms with Gasteiger partial charge in [-0.1, -0.05) is 48.1 Å². The van der Waals surface area contributed by atoms with Gasteiger partial charge in [0.25, 0.3) is 0 Å². The fourth-order valence-corrected chi connectivity index (χ4v) is 3.79. The van der Waals surface area contributed by atoms with E-state index in [1.54, 1.807) is 20.3 Å². The maximum Gasteiger partial charge on any atom is 0.311 e. The molecule has 0 aliphatic carbocycles. The van der Waals surface area contributed by atoms with Crippen molar-refractivity contribution in [2.45, 2.75) is 26.7 Å². The Hall–Kier alpha value is -4.06. The molecule has 3 rings (SSSR count). The first-order valence-electron chi connectivity index (χ1n) is 11.4. The Labute approximate surface area is 206 Å². The Morgan fingerprint density at radius 1 is 1.11 bits per heavy atom. The summed E-state index contributed by atoms with van der Waals surface area (Å²) in [6, 6.07) is 17.8. The molecule has 1 N–H and O–H groups in total. The summed E-state index contributed by atoms with van der Waals surface area (Å²) in [7, 11) is 3.21. The smallest absolute Gasteiger partial charge is 0.311 e. The van der Waals surface area contributed by atoms with E-state index >= 15 is 0 Å². The first-order valence-corrected chi connectivity index (χ1v) is 11.4. The third-order valence-corrected chi connectivity index (χ3v) is 5.88. The molecule has 1 heterocycles. The molecule has 1 aromatic heterocycles. The number of carboxylic acids is 1. The number of hydrogen-bond acceptors (Lipinski definition) is 4. The highest BCUT2D eigenvalue weighted by molar-refractivity contribution is 5.74. The molecule has 6 heteroatoms. The van der Waals surface area contributed by atoms with Gasteiger partial charge in [0.1, 0.15) is 11.5 Å². The van der Waals surface area contributed by atoms with Gasteiger partial charge in [0.05, 0.1) is 37.2 Å². The van der Waals surface area contributed by atoms with E-state index in [0.717, 1.165) is 28.3 Å². The summed E-state index contributed by atoms with van der Waals surface area (Å²) in [5, 5.41) is 14.8. The number of benzene rings is 2. The van der Waals surface area contributed by atoms with Crippen LogP contribution in [0.15, 0.2) is 90.7 Å². The van der Waals surface area contributed by atoms with Gasteiger partial charge in [0, 0.05) is 12.0 Å². The second kappa shape index (κ2) is 11.9. The number of rotatable bonds is 11. The normalized spacial score (nSPS) is 12.8. The van der Waals surface area contributed by atoms with Crippen LogP contribution >= 0.6 is 0 Å². The summed E-state index contributed by atoms with van der Waals surface area (Å²) in [6.07, 6.45) is 6.23. The van der Waals surface area contributed by atoms with Gasteiger partial charge in [-0.3, -0.25) is 4.79 Å². The predicted molar refractivity (Wildman–Crippen MR) is 139 cm³/mol. The van der Waals surface area contributed by atoms with Crippen LogP contribution < -0.4 is 4.74 Å². The van der Waals surface area contributed by atoms with Crippen LogP contribution in [0.5, 0.6) is 5.75 Å². The molecule has 0 aliphatic rings. The van der Waals surface area contributed by atoms with Crippen molar-refractivity contribution in [1.82, 2.24) is 9.78 Å². The van der Waals surface area contributed by atoms with Gasteiger partial charge in [-0.15, -0.1) is 0 Å². The number of aryl methyl sites for hydroxylation is 1. The van der Waals surface area contributed by atoms with Crippen molar-refractivity contribution < 1.29 is 19.4 Å². The minimum atomic E-state index is -0.880. The molecule has 0 saturated heterocycles. The monoisotopic (exact) mass is 472 g/mol. The van der Waals surface area contributed by atoms with Crippen molar-refractivity contribution in [3.05, 3.63) is 102 Å². The molecule has 2 aromatic carbocycles. The van der Waals surface area contributed by atoms with Gasteiger partial charge >= 0.3 is 5.97 Å². The minimum Gasteiger partial charge on any atom is -0.497 e. The number of aliphatic carboxylic acids is 1. The van der Waals surface area contributed by atoms with Crippen LogP contribution in [0.4, 0.5) is 0 Å². The standard InChI is InChI=1S/C29H32N2O4/c1-6-25(34-4)9-7-8-21(3)27(29(32)33)18-23-19-28(22-12-10-20(2)11-13-22)31(30-23)24-14-16-26(35-5)17-15-24/h6,8-17,19,27H,1,7,18H2,2-5H3,(H,32,33)/b21-8+,25-9+. The number of nitrogens with zero attached hydrogens (tertiary/aromatic N) is 2. The maximum atomic E-state index is 12.1. The average Bonchev–Trinajstić information content (AvgIpc) is 3.29. The lowest BCUT2D eigenvalue weighted by atomic mass is 9.94. The Balaban J connectivity index is 1.96. The van der Waals surface area contributed by atoms with E-state index in [0.29, 0.717) is 17.9 Å². The fraction of sp³-hybridized carbons (Fsp3) is 0.241. The predicted octanol–water partition coefficient (Wildman–Crippen LogP) is 6.15. The van der Waals surface area contributed by atoms with Crippen LogP contribution in [0, 0.1) is 12.8 Å². The zero-order chi connectivity index (χ0) is 25.4. The van der Waals surface area contributed by atoms with Crippen molar-refractivity contribution >= 4 is 5.97 Å². The summed E-state index contributed by atoms with van der Waals surface area (Å²) in [5.41, 5.74) is 5.41. The first-order chi connectivity index (χ1) is 16.9. The number of carboxylic acid groups (broad SMARTS) is 1. The van der Waals surface area contributed by atoms with E-state index in [2.05, 4.69) is 30.8 Å². The Kier molecular flexibility index (Phi) is 8.68. The topological polar surface area (TPSA) is 73.6 Å². The third kappa shape index (κ3) is 6.51. The second-order valence-corrected chi connectivity index (χ2v) is 8.29. The zero-order valence-electron chi connectivity index (χ0n) is 20.7. The highest BCUT2D eigenvalue weighted by Crippen LogP contribution is 2.28. The lowest BCUT2D eigenvalue weighted by molar-refractivity contribution is -0.140. The summed E-state index contributed by atoms with van der Waals surface area (Å²) < 4.78 is 12.3. The van der Waals surface area contributed by atoms with Crippen molar-refractivity contribution in [2.75, 3.05) is 14.2 Å². The highest BCUT2D eigenvalue weighted by Gasteiger charge is 2.23. The van der Waals surface area contributed by atoms with Crippen molar-refractivity contribution in [3.63, 3.8) is 0 Å². The Morgan fingerprint density at radius 3 is 2.37 bits per heavy atom. The molecule has 0 saturated carbocycles. The molecule has 0 spiro atoms. The van der Waals surface area contributed by atoms with E-state index < -0.39 is 11.9 Å². The molecule has 1 atom stereocenters. The molecule has 0 amide bonds. The van der Waals surface area contributed by atoms with Crippen LogP contribution in [0.3, 0.4) is 0 Å². The Morgan fingerprint density at radius 2 is 1.80 bits per heavy atom. The van der Waals surface area contributed by atoms with Crippen molar-refractivity contribution in [2.24, 2.45) is 5.92 Å². The van der Waals surface area contributed by atoms with Gasteiger partial charge in [-0.25, -0.2) is 4.68 Å². The number of ether oxygens (including phenoxy) is 2. The molecular formula is C29H32N2O4. The third-order valence-electron chi connectivity index (χ3n) is 5.88. The number of allylic oxidation sites excluding steroid dienone is 3. The van der Waals surface area contributed by atoms with Crippen LogP contribution in [0.2, 0.25) is 0 Å². The van der Waals surface area contributed by atoms with E-state index in [1.165, 1.54) is 5.56 Å². The van der Waals surface area contributed by atoms with Gasteiger partial charge < -0.3 is 14.6 Å². The summed E-state index contributed by atoms with van der Waals surface area (Å²) >= 11 is 0. The Bertz CT molecular complexity index is 1220. The van der Waals surface area contributed by atoms with Crippen molar-refractivity contribution in [1.29, 1.82) is 0 Å². The van der Waals surface area contributed by atoms with Crippen molar-refractivity contribution in [3.8, 4) is 22.7 Å². The molecule has 1 unspecified atom stereocenters. The van der Waals surface area contributed by atoms with Gasteiger partial charge in [0.15, 0.2) is 0 Å². The molecule has 0 aliphatic heterocycles. The van der Waals surface area contributed by atoms with Crippen LogP contribution in [-0.4, -0.2) is 35.1 Å². The van der Waals surface area contributed by atoms with Gasteiger partial charge in [0.2, 0.25) is 0 Å². The molecule has 182 valence electrons. The van der Waals surface area contributed by atoms with Gasteiger partial charge in [-0.2, -0.15) is 5.10 Å². The summed E-state index contributed by atoms with van der Waals surface area (Å²) in [5.74, 6) is -0.161. The largest absolute Gasteiger partial charge is 0.497 e. The maximum absolute atomic E-state index is 12.1. The van der Waals surface area contributed by atoms with Gasteiger partial charge in [-0.05, 0) is 62.8 Å². The zero-order valence-corrected chi connectivity index (χ0v) is 20.7. The molecular weight excluding hydrogens is 440 g/mol. The quantitative estimate of drug-likeness (QED) is 0.206. The minimum absolute atomic E-state index is 0.280. The number of hydrogen-bond donors (Lipinski definition) is 1. The summed E-state index contributed by atoms with van der Waals surface area (Å²) in [4.78, 5) is 12.1. The lowest BCUT2D eigenvalue weighted by Crippen LogP contribution is -2.18. The molecule has 0 radical (unpaired) electrons. The van der Waals surface area contributed by atoms with Crippen LogP contribution in [0.25, 0.3) is 16.9 Å². The summed E-state index contributed by atoms with van der Waals surface area (Å²) in [6.45, 7) is 7.58. The number of carbonyl (C=O) groups is 1. The number of aromatic nitrogens is 2. The highest BCUT2D eigenvalue weighted by atomic mass is 16.5. The average molecular weight is 473 g/mol. The first kappa shape index (κ1) is 25.6. The molecule has 35 heavy (non-hydrogen) atoms. The molecule has 0 bridgehead atoms. The van der Waals surface area contributed by atoms with E-state index in [-0.39, 0.29) is 6.42 Å². The van der Waals surface area contributed by atoms with E-state index in [1.807, 2.05) is 61.0 Å². The van der Waals surface area contributed by atoms with E-state index in [9.17, 15) is 9.90 Å². The van der Waals surface area contributed by atoms with E-state index in [4.69, 9.17) is 14.6 Å². The van der Waals surface area contributed by atoms with Crippen LogP contribution in [0.1, 0.15) is 24.6 Å². The lowest BCUT2D eigenvalue weighted by Gasteiger charge is -2.12.